The fourth-order valence-corrected chi connectivity index (χ4v) is 5.44. The average Bonchev–Trinajstić information content (AvgIpc) is 3.66. The Balaban J connectivity index is 1.42. The number of fused-ring (bicyclic) bond motifs is 1. The van der Waals surface area contributed by atoms with Gasteiger partial charge in [-0.2, -0.15) is 0 Å². The van der Waals surface area contributed by atoms with Gasteiger partial charge in [0, 0.05) is 37.8 Å². The van der Waals surface area contributed by atoms with E-state index < -0.39 is 6.10 Å². The van der Waals surface area contributed by atoms with Gasteiger partial charge < -0.3 is 14.9 Å². The predicted octanol–water partition coefficient (Wildman–Crippen LogP) is 2.03. The molecule has 1 aromatic carbocycles. The Morgan fingerprint density at radius 1 is 1.11 bits per heavy atom. The third-order valence-electron chi connectivity index (χ3n) is 7.56. The highest BCUT2D eigenvalue weighted by Crippen LogP contribution is 2.41. The maximum Gasteiger partial charge on any atom is 0.255 e. The second kappa shape index (κ2) is 8.57. The van der Waals surface area contributed by atoms with E-state index in [1.807, 2.05) is 35.2 Å². The largest absolute Gasteiger partial charge is 0.387 e. The van der Waals surface area contributed by atoms with E-state index in [4.69, 9.17) is 4.98 Å². The van der Waals surface area contributed by atoms with Gasteiger partial charge in [-0.3, -0.25) is 14.2 Å². The molecule has 9 heteroatoms. The third kappa shape index (κ3) is 3.99. The summed E-state index contributed by atoms with van der Waals surface area (Å²) in [6, 6.07) is 12.8. The van der Waals surface area contributed by atoms with Crippen molar-refractivity contribution in [2.75, 3.05) is 24.5 Å². The molecule has 3 aromatic rings. The Morgan fingerprint density at radius 3 is 2.66 bits per heavy atom. The highest BCUT2D eigenvalue weighted by molar-refractivity contribution is 5.81. The number of rotatable bonds is 5. The van der Waals surface area contributed by atoms with Crippen molar-refractivity contribution in [1.82, 2.24) is 24.4 Å². The summed E-state index contributed by atoms with van der Waals surface area (Å²) >= 11 is 0. The first-order chi connectivity index (χ1) is 17.0. The summed E-state index contributed by atoms with van der Waals surface area (Å²) in [6.45, 7) is 2.06. The molecule has 2 aliphatic heterocycles. The minimum atomic E-state index is -0.771. The predicted molar refractivity (Wildman–Crippen MR) is 130 cm³/mol. The highest BCUT2D eigenvalue weighted by atomic mass is 16.3. The number of carbonyl (C=O) groups is 1. The second-order valence-corrected chi connectivity index (χ2v) is 9.82. The zero-order valence-corrected chi connectivity index (χ0v) is 19.5. The van der Waals surface area contributed by atoms with Crippen LogP contribution in [0.15, 0.2) is 59.8 Å². The van der Waals surface area contributed by atoms with E-state index in [9.17, 15) is 14.7 Å². The van der Waals surface area contributed by atoms with E-state index in [1.165, 1.54) is 12.4 Å². The molecule has 0 bridgehead atoms. The molecule has 2 fully saturated rings. The fourth-order valence-electron chi connectivity index (χ4n) is 5.44. The molecule has 35 heavy (non-hydrogen) atoms. The van der Waals surface area contributed by atoms with Crippen molar-refractivity contribution in [3.63, 3.8) is 0 Å². The Labute approximate surface area is 203 Å². The Morgan fingerprint density at radius 2 is 1.91 bits per heavy atom. The first kappa shape index (κ1) is 21.9. The van der Waals surface area contributed by atoms with E-state index >= 15 is 0 Å². The normalized spacial score (nSPS) is 22.3. The molecule has 3 aliphatic rings. The molecule has 9 nitrogen and oxygen atoms in total. The van der Waals surface area contributed by atoms with Crippen LogP contribution in [-0.2, 0) is 11.3 Å². The van der Waals surface area contributed by atoms with Gasteiger partial charge in [-0.05, 0) is 37.3 Å². The number of nitrogens with zero attached hydrogens (tertiary/aromatic N) is 6. The van der Waals surface area contributed by atoms with E-state index in [-0.39, 0.29) is 29.5 Å². The molecule has 1 amide bonds. The van der Waals surface area contributed by atoms with Crippen LogP contribution in [0.4, 0.5) is 5.95 Å². The summed E-state index contributed by atoms with van der Waals surface area (Å²) < 4.78 is 1.68. The van der Waals surface area contributed by atoms with Gasteiger partial charge in [-0.25, -0.2) is 15.0 Å². The number of aliphatic hydroxyl groups excluding tert-OH is 1. The van der Waals surface area contributed by atoms with Crippen LogP contribution in [0.25, 0.3) is 11.4 Å². The number of benzene rings is 1. The summed E-state index contributed by atoms with van der Waals surface area (Å²) in [5, 5.41) is 11.2. The van der Waals surface area contributed by atoms with Gasteiger partial charge in [0.1, 0.15) is 6.33 Å². The number of β-amino-alcohol motifs (C(OH)–C–C–N with tert-alkyl or cyclic N) is 1. The monoisotopic (exact) mass is 472 g/mol. The van der Waals surface area contributed by atoms with Gasteiger partial charge in [0.05, 0.1) is 29.6 Å². The van der Waals surface area contributed by atoms with Gasteiger partial charge in [0.15, 0.2) is 0 Å². The molecule has 6 rings (SSSR count). The number of carbonyl (C=O) groups excluding carboxylic acids is 1. The quantitative estimate of drug-likeness (QED) is 0.606. The van der Waals surface area contributed by atoms with Gasteiger partial charge in [-0.1, -0.05) is 30.3 Å². The van der Waals surface area contributed by atoms with Crippen molar-refractivity contribution < 1.29 is 9.90 Å². The van der Waals surface area contributed by atoms with Gasteiger partial charge in [0.25, 0.3) is 5.56 Å². The molecule has 1 unspecified atom stereocenters. The maximum atomic E-state index is 13.2. The molecule has 0 radical (unpaired) electrons. The standard InChI is InChI=1S/C26H28N6O3/c33-22(18-4-2-1-3-5-18)15-32-25-29-21(20-8-11-27-17-28-20)14-23(34)31(25)13-10-26(32)9-12-30(16-26)24(35)19-6-7-19/h1-5,8,11,14,17,19,22,33H,6-7,9-10,12-13,15-16H2/t22-,26?/m0/s1. The summed E-state index contributed by atoms with van der Waals surface area (Å²) in [7, 11) is 0. The van der Waals surface area contributed by atoms with Crippen molar-refractivity contribution >= 4 is 11.9 Å². The first-order valence-electron chi connectivity index (χ1n) is 12.2. The fraction of sp³-hybridized carbons (Fsp3) is 0.423. The topological polar surface area (TPSA) is 104 Å². The van der Waals surface area contributed by atoms with Gasteiger partial charge in [-0.15, -0.1) is 0 Å². The van der Waals surface area contributed by atoms with Crippen molar-refractivity contribution in [3.05, 3.63) is 70.9 Å². The molecule has 1 saturated heterocycles. The smallest absolute Gasteiger partial charge is 0.255 e. The van der Waals surface area contributed by atoms with E-state index in [0.29, 0.717) is 43.4 Å². The number of hydrogen-bond donors (Lipinski definition) is 1. The summed E-state index contributed by atoms with van der Waals surface area (Å²) in [6.07, 6.45) is 5.72. The first-order valence-corrected chi connectivity index (χ1v) is 12.2. The van der Waals surface area contributed by atoms with Crippen LogP contribution >= 0.6 is 0 Å². The van der Waals surface area contributed by atoms with Crippen molar-refractivity contribution in [3.8, 4) is 11.4 Å². The second-order valence-electron chi connectivity index (χ2n) is 9.82. The lowest BCUT2D eigenvalue weighted by atomic mass is 9.89. The van der Waals surface area contributed by atoms with E-state index in [1.54, 1.807) is 16.8 Å². The average molecular weight is 473 g/mol. The van der Waals surface area contributed by atoms with E-state index in [2.05, 4.69) is 14.9 Å². The van der Waals surface area contributed by atoms with Crippen LogP contribution in [0.2, 0.25) is 0 Å². The minimum Gasteiger partial charge on any atom is -0.387 e. The van der Waals surface area contributed by atoms with E-state index in [0.717, 1.165) is 24.8 Å². The zero-order chi connectivity index (χ0) is 24.0. The Hall–Kier alpha value is -3.59. The molecule has 1 aliphatic carbocycles. The van der Waals surface area contributed by atoms with Crippen molar-refractivity contribution in [1.29, 1.82) is 0 Å². The lowest BCUT2D eigenvalue weighted by Crippen LogP contribution is -2.58. The van der Waals surface area contributed by atoms with Crippen LogP contribution < -0.4 is 10.5 Å². The van der Waals surface area contributed by atoms with Gasteiger partial charge >= 0.3 is 0 Å². The lowest BCUT2D eigenvalue weighted by Gasteiger charge is -2.47. The minimum absolute atomic E-state index is 0.151. The highest BCUT2D eigenvalue weighted by Gasteiger charge is 2.50. The number of aromatic nitrogens is 4. The Kier molecular flexibility index (Phi) is 5.36. The molecule has 1 N–H and O–H groups in total. The molecule has 1 spiro atoms. The van der Waals surface area contributed by atoms with Crippen LogP contribution in [0, 0.1) is 5.92 Å². The molecule has 4 heterocycles. The number of anilines is 1. The lowest BCUT2D eigenvalue weighted by molar-refractivity contribution is -0.131. The Bertz CT molecular complexity index is 1290. The van der Waals surface area contributed by atoms with Crippen LogP contribution in [0.3, 0.4) is 0 Å². The van der Waals surface area contributed by atoms with Crippen molar-refractivity contribution in [2.45, 2.75) is 43.9 Å². The number of likely N-dealkylation sites (tertiary alicyclic amines) is 1. The number of hydrogen-bond acceptors (Lipinski definition) is 7. The molecular formula is C26H28N6O3. The summed E-state index contributed by atoms with van der Waals surface area (Å²) in [4.78, 5) is 43.3. The van der Waals surface area contributed by atoms with Gasteiger partial charge in [0.2, 0.25) is 11.9 Å². The SMILES string of the molecule is O=C(C1CC1)N1CCC2(CCn3c(nc(-c4ccncn4)cc3=O)N2C[C@H](O)c2ccccc2)C1. The molecule has 180 valence electrons. The molecule has 2 aromatic heterocycles. The van der Waals surface area contributed by atoms with Crippen LogP contribution in [-0.4, -0.2) is 60.6 Å². The zero-order valence-electron chi connectivity index (χ0n) is 19.5. The third-order valence-corrected chi connectivity index (χ3v) is 7.56. The summed E-state index contributed by atoms with van der Waals surface area (Å²) in [5.74, 6) is 0.915. The maximum absolute atomic E-state index is 13.2. The van der Waals surface area contributed by atoms with Crippen LogP contribution in [0.5, 0.6) is 0 Å². The number of aliphatic hydroxyl groups is 1. The summed E-state index contributed by atoms with van der Waals surface area (Å²) in [5.41, 5.74) is 1.31. The van der Waals surface area contributed by atoms with Crippen LogP contribution in [0.1, 0.15) is 37.4 Å². The molecule has 2 atom stereocenters. The number of amides is 1. The molecule has 1 saturated carbocycles. The molecular weight excluding hydrogens is 444 g/mol. The van der Waals surface area contributed by atoms with Crippen molar-refractivity contribution in [2.24, 2.45) is 5.92 Å².